The molecule has 90 valence electrons. The summed E-state index contributed by atoms with van der Waals surface area (Å²) in [5.74, 6) is 0.337. The molecule has 17 heavy (non-hydrogen) atoms. The summed E-state index contributed by atoms with van der Waals surface area (Å²) < 4.78 is 7.44. The van der Waals surface area contributed by atoms with Crippen molar-refractivity contribution >= 4 is 5.91 Å². The third-order valence-electron chi connectivity index (χ3n) is 2.85. The van der Waals surface area contributed by atoms with Crippen LogP contribution in [0, 0.1) is 6.92 Å². The van der Waals surface area contributed by atoms with Gasteiger partial charge in [0.25, 0.3) is 5.91 Å². The summed E-state index contributed by atoms with van der Waals surface area (Å²) in [6.45, 7) is 6.01. The van der Waals surface area contributed by atoms with Gasteiger partial charge in [-0.2, -0.15) is 0 Å². The molecule has 0 aliphatic heterocycles. The molecule has 0 saturated heterocycles. The minimum absolute atomic E-state index is 0.239. The summed E-state index contributed by atoms with van der Waals surface area (Å²) in [4.78, 5) is 11.4. The molecule has 2 rings (SSSR count). The van der Waals surface area contributed by atoms with E-state index < -0.39 is 5.91 Å². The maximum atomic E-state index is 11.4. The van der Waals surface area contributed by atoms with E-state index in [4.69, 9.17) is 10.2 Å². The maximum Gasteiger partial charge on any atom is 0.250 e. The first-order chi connectivity index (χ1) is 8.02. The molecule has 2 aromatic heterocycles. The maximum absolute atomic E-state index is 11.4. The van der Waals surface area contributed by atoms with E-state index in [1.165, 1.54) is 0 Å². The monoisotopic (exact) mass is 232 g/mol. The van der Waals surface area contributed by atoms with Crippen LogP contribution in [0.25, 0.3) is 11.5 Å². The molecular formula is C13H16N2O2. The van der Waals surface area contributed by atoms with Gasteiger partial charge in [0, 0.05) is 11.7 Å². The van der Waals surface area contributed by atoms with Crippen molar-refractivity contribution in [3.8, 4) is 11.5 Å². The van der Waals surface area contributed by atoms with Crippen LogP contribution in [-0.4, -0.2) is 10.5 Å². The van der Waals surface area contributed by atoms with Gasteiger partial charge in [-0.3, -0.25) is 4.79 Å². The topological polar surface area (TPSA) is 61.2 Å². The SMILES string of the molecule is Cc1c(C(N)=O)cc(-c2ccco2)n1C(C)C. The van der Waals surface area contributed by atoms with Crippen molar-refractivity contribution < 1.29 is 9.21 Å². The normalized spacial score (nSPS) is 11.1. The lowest BCUT2D eigenvalue weighted by Gasteiger charge is -2.14. The molecule has 2 aromatic rings. The molecular weight excluding hydrogens is 216 g/mol. The molecule has 0 unspecified atom stereocenters. The summed E-state index contributed by atoms with van der Waals surface area (Å²) >= 11 is 0. The number of carbonyl (C=O) groups is 1. The summed E-state index contributed by atoms with van der Waals surface area (Å²) in [5.41, 5.74) is 7.67. The van der Waals surface area contributed by atoms with E-state index in [1.54, 1.807) is 12.3 Å². The Kier molecular flexibility index (Phi) is 2.79. The van der Waals surface area contributed by atoms with Crippen molar-refractivity contribution in [3.05, 3.63) is 35.7 Å². The molecule has 0 fully saturated rings. The molecule has 2 N–H and O–H groups in total. The van der Waals surface area contributed by atoms with Gasteiger partial charge in [0.05, 0.1) is 17.5 Å². The first kappa shape index (κ1) is 11.5. The molecule has 2 heterocycles. The fourth-order valence-corrected chi connectivity index (χ4v) is 2.15. The standard InChI is InChI=1S/C13H16N2O2/c1-8(2)15-9(3)10(13(14)16)7-11(15)12-5-4-6-17-12/h4-8H,1-3H3,(H2,14,16). The first-order valence-electron chi connectivity index (χ1n) is 5.58. The van der Waals surface area contributed by atoms with Crippen LogP contribution in [0.3, 0.4) is 0 Å². The van der Waals surface area contributed by atoms with Gasteiger partial charge in [0.2, 0.25) is 0 Å². The van der Waals surface area contributed by atoms with E-state index in [9.17, 15) is 4.79 Å². The molecule has 0 bridgehead atoms. The van der Waals surface area contributed by atoms with Crippen molar-refractivity contribution in [2.24, 2.45) is 5.73 Å². The summed E-state index contributed by atoms with van der Waals surface area (Å²) in [7, 11) is 0. The van der Waals surface area contributed by atoms with Gasteiger partial charge < -0.3 is 14.7 Å². The number of nitrogens with zero attached hydrogens (tertiary/aromatic N) is 1. The fourth-order valence-electron chi connectivity index (χ4n) is 2.15. The predicted octanol–water partition coefficient (Wildman–Crippen LogP) is 2.74. The lowest BCUT2D eigenvalue weighted by molar-refractivity contribution is 0.0999. The Morgan fingerprint density at radius 1 is 1.47 bits per heavy atom. The third kappa shape index (κ3) is 1.86. The number of furan rings is 1. The fraction of sp³-hybridized carbons (Fsp3) is 0.308. The Labute approximate surface area is 100 Å². The van der Waals surface area contributed by atoms with Crippen LogP contribution >= 0.6 is 0 Å². The Morgan fingerprint density at radius 3 is 2.65 bits per heavy atom. The van der Waals surface area contributed by atoms with Gasteiger partial charge in [-0.15, -0.1) is 0 Å². The van der Waals surface area contributed by atoms with E-state index >= 15 is 0 Å². The smallest absolute Gasteiger partial charge is 0.250 e. The van der Waals surface area contributed by atoms with E-state index in [0.717, 1.165) is 17.1 Å². The highest BCUT2D eigenvalue weighted by Crippen LogP contribution is 2.29. The molecule has 1 amide bonds. The number of amides is 1. The number of aromatic nitrogens is 1. The average molecular weight is 232 g/mol. The second-order valence-electron chi connectivity index (χ2n) is 4.33. The van der Waals surface area contributed by atoms with Crippen LogP contribution in [0.4, 0.5) is 0 Å². The Bertz CT molecular complexity index is 536. The van der Waals surface area contributed by atoms with Gasteiger partial charge in [-0.25, -0.2) is 0 Å². The molecule has 4 heteroatoms. The molecule has 0 aliphatic rings. The highest BCUT2D eigenvalue weighted by molar-refractivity contribution is 5.95. The van der Waals surface area contributed by atoms with Crippen molar-refractivity contribution in [1.82, 2.24) is 4.57 Å². The van der Waals surface area contributed by atoms with E-state index in [-0.39, 0.29) is 6.04 Å². The first-order valence-corrected chi connectivity index (χ1v) is 5.58. The van der Waals surface area contributed by atoms with Crippen molar-refractivity contribution in [2.75, 3.05) is 0 Å². The zero-order chi connectivity index (χ0) is 12.6. The van der Waals surface area contributed by atoms with E-state index in [1.807, 2.05) is 19.1 Å². The highest BCUT2D eigenvalue weighted by Gasteiger charge is 2.19. The quantitative estimate of drug-likeness (QED) is 0.884. The number of hydrogen-bond acceptors (Lipinski definition) is 2. The molecule has 0 aliphatic carbocycles. The average Bonchev–Trinajstić information content (AvgIpc) is 2.82. The summed E-state index contributed by atoms with van der Waals surface area (Å²) in [6, 6.07) is 5.73. The predicted molar refractivity (Wildman–Crippen MR) is 65.8 cm³/mol. The molecule has 0 saturated carbocycles. The van der Waals surface area contributed by atoms with Crippen molar-refractivity contribution in [2.45, 2.75) is 26.8 Å². The van der Waals surface area contributed by atoms with Crippen LogP contribution in [0.5, 0.6) is 0 Å². The zero-order valence-corrected chi connectivity index (χ0v) is 10.2. The van der Waals surface area contributed by atoms with Gasteiger partial charge in [-0.1, -0.05) is 0 Å². The number of primary amides is 1. The van der Waals surface area contributed by atoms with Gasteiger partial charge in [-0.05, 0) is 39.0 Å². The molecule has 0 radical (unpaired) electrons. The largest absolute Gasteiger partial charge is 0.463 e. The highest BCUT2D eigenvalue weighted by atomic mass is 16.3. The van der Waals surface area contributed by atoms with E-state index in [0.29, 0.717) is 5.56 Å². The van der Waals surface area contributed by atoms with Crippen LogP contribution in [-0.2, 0) is 0 Å². The second kappa shape index (κ2) is 4.13. The number of rotatable bonds is 3. The Morgan fingerprint density at radius 2 is 2.18 bits per heavy atom. The van der Waals surface area contributed by atoms with Gasteiger partial charge in [0.1, 0.15) is 5.76 Å². The molecule has 0 atom stereocenters. The zero-order valence-electron chi connectivity index (χ0n) is 10.2. The minimum Gasteiger partial charge on any atom is -0.463 e. The summed E-state index contributed by atoms with van der Waals surface area (Å²) in [6.07, 6.45) is 1.62. The number of hydrogen-bond donors (Lipinski definition) is 1. The van der Waals surface area contributed by atoms with Crippen LogP contribution < -0.4 is 5.73 Å². The molecule has 0 spiro atoms. The number of carbonyl (C=O) groups excluding carboxylic acids is 1. The minimum atomic E-state index is -0.408. The van der Waals surface area contributed by atoms with Crippen molar-refractivity contribution in [1.29, 1.82) is 0 Å². The lowest BCUT2D eigenvalue weighted by atomic mass is 10.2. The van der Waals surface area contributed by atoms with Crippen molar-refractivity contribution in [3.63, 3.8) is 0 Å². The van der Waals surface area contributed by atoms with Crippen LogP contribution in [0.2, 0.25) is 0 Å². The second-order valence-corrected chi connectivity index (χ2v) is 4.33. The Hall–Kier alpha value is -1.97. The van der Waals surface area contributed by atoms with Crippen LogP contribution in [0.15, 0.2) is 28.9 Å². The number of nitrogens with two attached hydrogens (primary N) is 1. The Balaban J connectivity index is 2.66. The van der Waals surface area contributed by atoms with Gasteiger partial charge in [0.15, 0.2) is 0 Å². The lowest BCUT2D eigenvalue weighted by Crippen LogP contribution is -2.13. The molecule has 0 aromatic carbocycles. The van der Waals surface area contributed by atoms with Gasteiger partial charge >= 0.3 is 0 Å². The van der Waals surface area contributed by atoms with Crippen LogP contribution in [0.1, 0.15) is 35.9 Å². The molecule has 4 nitrogen and oxygen atoms in total. The third-order valence-corrected chi connectivity index (χ3v) is 2.85. The summed E-state index contributed by atoms with van der Waals surface area (Å²) in [5, 5.41) is 0. The van der Waals surface area contributed by atoms with E-state index in [2.05, 4.69) is 18.4 Å².